The summed E-state index contributed by atoms with van der Waals surface area (Å²) >= 11 is 0. The molecule has 0 bridgehead atoms. The van der Waals surface area contributed by atoms with Gasteiger partial charge in [0.15, 0.2) is 0 Å². The topological polar surface area (TPSA) is 62.5 Å². The molecule has 1 aromatic heterocycles. The quantitative estimate of drug-likeness (QED) is 0.840. The van der Waals surface area contributed by atoms with Crippen LogP contribution in [0.3, 0.4) is 0 Å². The van der Waals surface area contributed by atoms with E-state index in [1.807, 2.05) is 25.1 Å². The predicted octanol–water partition coefficient (Wildman–Crippen LogP) is 2.65. The number of aryl methyl sites for hydroxylation is 1. The van der Waals surface area contributed by atoms with Crippen molar-refractivity contribution in [2.45, 2.75) is 33.3 Å². The number of carbonyl (C=O) groups is 1. The molecule has 0 amide bonds. The number of carbonyl (C=O) groups excluding carboxylic acids is 1. The lowest BCUT2D eigenvalue weighted by molar-refractivity contribution is -0.257. The van der Waals surface area contributed by atoms with E-state index in [0.717, 1.165) is 5.75 Å². The lowest BCUT2D eigenvalue weighted by atomic mass is 9.98. The maximum absolute atomic E-state index is 10.6. The van der Waals surface area contributed by atoms with Gasteiger partial charge in [-0.2, -0.15) is 0 Å². The first-order valence-electron chi connectivity index (χ1n) is 6.50. The molecule has 0 atom stereocenters. The smallest absolute Gasteiger partial charge is 0.149 e. The molecule has 0 aliphatic heterocycles. The van der Waals surface area contributed by atoms with Crippen LogP contribution in [0.2, 0.25) is 0 Å². The molecule has 0 spiro atoms. The Morgan fingerprint density at radius 3 is 2.60 bits per heavy atom. The standard InChI is InChI=1S/C16H18O4/c1-10(2)14-6-4-12(8-11(14)3)19-9-13-5-7-15(20-13)16(17)18/h4-8,10H,9H2,1-3H3,(H,17,18)/p-1. The number of ether oxygens (including phenoxy) is 1. The summed E-state index contributed by atoms with van der Waals surface area (Å²) in [5, 5.41) is 10.6. The lowest BCUT2D eigenvalue weighted by Gasteiger charge is -2.12. The van der Waals surface area contributed by atoms with E-state index in [-0.39, 0.29) is 12.4 Å². The average molecular weight is 273 g/mol. The summed E-state index contributed by atoms with van der Waals surface area (Å²) in [6.45, 7) is 6.53. The van der Waals surface area contributed by atoms with Gasteiger partial charge in [0.1, 0.15) is 29.8 Å². The molecule has 0 aliphatic carbocycles. The molecule has 106 valence electrons. The van der Waals surface area contributed by atoms with Gasteiger partial charge >= 0.3 is 0 Å². The molecule has 2 rings (SSSR count). The minimum atomic E-state index is -1.33. The number of benzene rings is 1. The van der Waals surface area contributed by atoms with Crippen molar-refractivity contribution in [1.82, 2.24) is 0 Å². The summed E-state index contributed by atoms with van der Waals surface area (Å²) in [5.41, 5.74) is 2.46. The van der Waals surface area contributed by atoms with Crippen LogP contribution in [0.5, 0.6) is 5.75 Å². The second kappa shape index (κ2) is 5.82. The van der Waals surface area contributed by atoms with E-state index in [9.17, 15) is 9.90 Å². The van der Waals surface area contributed by atoms with Crippen molar-refractivity contribution in [1.29, 1.82) is 0 Å². The zero-order chi connectivity index (χ0) is 14.7. The van der Waals surface area contributed by atoms with Crippen molar-refractivity contribution in [2.75, 3.05) is 0 Å². The zero-order valence-electron chi connectivity index (χ0n) is 11.8. The highest BCUT2D eigenvalue weighted by Gasteiger charge is 2.06. The van der Waals surface area contributed by atoms with Crippen molar-refractivity contribution >= 4 is 5.97 Å². The summed E-state index contributed by atoms with van der Waals surface area (Å²) in [7, 11) is 0. The highest BCUT2D eigenvalue weighted by atomic mass is 16.5. The number of rotatable bonds is 5. The Morgan fingerprint density at radius 1 is 1.30 bits per heavy atom. The van der Waals surface area contributed by atoms with Crippen LogP contribution in [0.25, 0.3) is 0 Å². The van der Waals surface area contributed by atoms with Gasteiger partial charge in [-0.05, 0) is 48.2 Å². The first kappa shape index (κ1) is 14.2. The third kappa shape index (κ3) is 3.20. The molecule has 2 aromatic rings. The maximum Gasteiger partial charge on any atom is 0.149 e. The van der Waals surface area contributed by atoms with Gasteiger partial charge in [-0.15, -0.1) is 0 Å². The van der Waals surface area contributed by atoms with Gasteiger partial charge in [0.05, 0.1) is 0 Å². The molecule has 1 heterocycles. The molecule has 0 saturated heterocycles. The van der Waals surface area contributed by atoms with E-state index in [1.165, 1.54) is 17.2 Å². The summed E-state index contributed by atoms with van der Waals surface area (Å²) < 4.78 is 10.7. The average Bonchev–Trinajstić information content (AvgIpc) is 2.85. The van der Waals surface area contributed by atoms with Gasteiger partial charge in [0.25, 0.3) is 0 Å². The number of hydrogen-bond donors (Lipinski definition) is 0. The van der Waals surface area contributed by atoms with Crippen molar-refractivity contribution in [2.24, 2.45) is 0 Å². The SMILES string of the molecule is Cc1cc(OCc2ccc(C(=O)[O-])o2)ccc1C(C)C. The lowest BCUT2D eigenvalue weighted by Crippen LogP contribution is -2.21. The molecule has 0 radical (unpaired) electrons. The van der Waals surface area contributed by atoms with Gasteiger partial charge in [-0.3, -0.25) is 0 Å². The van der Waals surface area contributed by atoms with Gasteiger partial charge in [-0.25, -0.2) is 0 Å². The fourth-order valence-corrected chi connectivity index (χ4v) is 2.11. The Labute approximate surface area is 118 Å². The van der Waals surface area contributed by atoms with Crippen LogP contribution in [0.1, 0.15) is 47.2 Å². The third-order valence-electron chi connectivity index (χ3n) is 3.11. The van der Waals surface area contributed by atoms with Crippen molar-refractivity contribution < 1.29 is 19.1 Å². The van der Waals surface area contributed by atoms with Crippen LogP contribution in [-0.2, 0) is 6.61 Å². The second-order valence-corrected chi connectivity index (χ2v) is 5.02. The molecular weight excluding hydrogens is 256 g/mol. The second-order valence-electron chi connectivity index (χ2n) is 5.02. The van der Waals surface area contributed by atoms with E-state index in [2.05, 4.69) is 13.8 Å². The van der Waals surface area contributed by atoms with Crippen LogP contribution in [0.15, 0.2) is 34.7 Å². The number of hydrogen-bond acceptors (Lipinski definition) is 4. The van der Waals surface area contributed by atoms with Crippen LogP contribution in [0, 0.1) is 6.92 Å². The molecule has 1 aromatic carbocycles. The summed E-state index contributed by atoms with van der Waals surface area (Å²) in [5.74, 6) is 0.149. The number of furan rings is 1. The van der Waals surface area contributed by atoms with Crippen LogP contribution in [0.4, 0.5) is 0 Å². The minimum absolute atomic E-state index is 0.185. The highest BCUT2D eigenvalue weighted by molar-refractivity contribution is 5.82. The molecule has 4 nitrogen and oxygen atoms in total. The molecule has 4 heteroatoms. The Morgan fingerprint density at radius 2 is 2.05 bits per heavy atom. The molecule has 0 unspecified atom stereocenters. The van der Waals surface area contributed by atoms with Gasteiger partial charge in [0.2, 0.25) is 0 Å². The third-order valence-corrected chi connectivity index (χ3v) is 3.11. The van der Waals surface area contributed by atoms with Crippen LogP contribution < -0.4 is 9.84 Å². The van der Waals surface area contributed by atoms with E-state index in [0.29, 0.717) is 11.7 Å². The number of carboxylic acids is 1. The normalized spacial score (nSPS) is 10.8. The number of aromatic carboxylic acids is 1. The molecule has 0 N–H and O–H groups in total. The van der Waals surface area contributed by atoms with Crippen molar-refractivity contribution in [3.05, 3.63) is 53.0 Å². The summed E-state index contributed by atoms with van der Waals surface area (Å²) in [6, 6.07) is 8.86. The molecular formula is C16H17O4-. The fourth-order valence-electron chi connectivity index (χ4n) is 2.11. The highest BCUT2D eigenvalue weighted by Crippen LogP contribution is 2.24. The van der Waals surface area contributed by atoms with Gasteiger partial charge in [0, 0.05) is 0 Å². The van der Waals surface area contributed by atoms with Crippen molar-refractivity contribution in [3.63, 3.8) is 0 Å². The Kier molecular flexibility index (Phi) is 4.13. The molecule has 20 heavy (non-hydrogen) atoms. The Bertz CT molecular complexity index is 611. The Balaban J connectivity index is 2.03. The predicted molar refractivity (Wildman–Crippen MR) is 72.6 cm³/mol. The van der Waals surface area contributed by atoms with E-state index in [1.54, 1.807) is 6.07 Å². The fraction of sp³-hybridized carbons (Fsp3) is 0.312. The van der Waals surface area contributed by atoms with E-state index in [4.69, 9.17) is 9.15 Å². The summed E-state index contributed by atoms with van der Waals surface area (Å²) in [6.07, 6.45) is 0. The van der Waals surface area contributed by atoms with Gasteiger partial charge < -0.3 is 19.1 Å². The molecule has 0 aliphatic rings. The number of carboxylic acid groups (broad SMARTS) is 1. The molecule has 0 saturated carbocycles. The molecule has 0 fully saturated rings. The van der Waals surface area contributed by atoms with Crippen LogP contribution in [-0.4, -0.2) is 5.97 Å². The van der Waals surface area contributed by atoms with E-state index >= 15 is 0 Å². The first-order chi connectivity index (χ1) is 9.47. The summed E-state index contributed by atoms with van der Waals surface area (Å²) in [4.78, 5) is 10.6. The Hall–Kier alpha value is -2.23. The monoisotopic (exact) mass is 273 g/mol. The van der Waals surface area contributed by atoms with Crippen LogP contribution >= 0.6 is 0 Å². The maximum atomic E-state index is 10.6. The van der Waals surface area contributed by atoms with Crippen molar-refractivity contribution in [3.8, 4) is 5.75 Å². The first-order valence-corrected chi connectivity index (χ1v) is 6.50. The zero-order valence-corrected chi connectivity index (χ0v) is 11.8. The van der Waals surface area contributed by atoms with Gasteiger partial charge in [-0.1, -0.05) is 19.9 Å². The minimum Gasteiger partial charge on any atom is -0.542 e. The largest absolute Gasteiger partial charge is 0.542 e. The van der Waals surface area contributed by atoms with E-state index < -0.39 is 5.97 Å².